The average molecular weight is 388 g/mol. The first-order valence-electron chi connectivity index (χ1n) is 10.2. The Bertz CT molecular complexity index is 673. The fraction of sp³-hybridized carbons (Fsp3) is 0.591. The number of nitrogens with zero attached hydrogens (tertiary/aromatic N) is 1. The summed E-state index contributed by atoms with van der Waals surface area (Å²) in [7, 11) is 0. The van der Waals surface area contributed by atoms with Gasteiger partial charge in [-0.1, -0.05) is 58.0 Å². The van der Waals surface area contributed by atoms with Crippen LogP contribution in [0.3, 0.4) is 0 Å². The summed E-state index contributed by atoms with van der Waals surface area (Å²) in [5.41, 5.74) is 0.953. The molecule has 1 aliphatic rings. The van der Waals surface area contributed by atoms with Crippen molar-refractivity contribution in [3.05, 3.63) is 35.9 Å². The second-order valence-electron chi connectivity index (χ2n) is 8.51. The lowest BCUT2D eigenvalue weighted by Crippen LogP contribution is -2.61. The molecule has 0 bridgehead atoms. The SMILES string of the molecule is CC(C)C[C@@H](CN1C(=O)C(=O)NC[C@@H]1CC(C)C)NC(=O)Cc1ccccc1. The predicted octanol–water partition coefficient (Wildman–Crippen LogP) is 2.13. The number of hydrogen-bond donors (Lipinski definition) is 2. The zero-order valence-electron chi connectivity index (χ0n) is 17.4. The monoisotopic (exact) mass is 387 g/mol. The standard InChI is InChI=1S/C22H33N3O3/c1-15(2)10-18(24-20(26)12-17-8-6-5-7-9-17)14-25-19(11-16(3)4)13-23-21(27)22(25)28/h5-9,15-16,18-19H,10-14H2,1-4H3,(H,23,27)(H,24,26)/t18-,19-/m0/s1. The molecule has 154 valence electrons. The molecule has 1 saturated heterocycles. The van der Waals surface area contributed by atoms with Crippen LogP contribution in [0, 0.1) is 11.8 Å². The highest BCUT2D eigenvalue weighted by atomic mass is 16.2. The van der Waals surface area contributed by atoms with E-state index in [2.05, 4.69) is 38.3 Å². The van der Waals surface area contributed by atoms with Crippen LogP contribution in [-0.4, -0.2) is 47.8 Å². The highest BCUT2D eigenvalue weighted by Crippen LogP contribution is 2.17. The lowest BCUT2D eigenvalue weighted by Gasteiger charge is -2.38. The Kier molecular flexibility index (Phi) is 8.03. The van der Waals surface area contributed by atoms with Crippen LogP contribution in [0.5, 0.6) is 0 Å². The van der Waals surface area contributed by atoms with Crippen molar-refractivity contribution < 1.29 is 14.4 Å². The van der Waals surface area contributed by atoms with E-state index in [1.807, 2.05) is 30.3 Å². The van der Waals surface area contributed by atoms with Gasteiger partial charge in [0.15, 0.2) is 0 Å². The first-order valence-corrected chi connectivity index (χ1v) is 10.2. The van der Waals surface area contributed by atoms with Crippen molar-refractivity contribution in [2.24, 2.45) is 11.8 Å². The van der Waals surface area contributed by atoms with Gasteiger partial charge in [-0.25, -0.2) is 0 Å². The van der Waals surface area contributed by atoms with Gasteiger partial charge < -0.3 is 15.5 Å². The molecular weight excluding hydrogens is 354 g/mol. The van der Waals surface area contributed by atoms with Crippen LogP contribution in [0.4, 0.5) is 0 Å². The van der Waals surface area contributed by atoms with Crippen molar-refractivity contribution in [3.63, 3.8) is 0 Å². The van der Waals surface area contributed by atoms with E-state index in [0.29, 0.717) is 31.3 Å². The molecule has 1 aromatic rings. The smallest absolute Gasteiger partial charge is 0.312 e. The van der Waals surface area contributed by atoms with Gasteiger partial charge in [0.1, 0.15) is 0 Å². The van der Waals surface area contributed by atoms with Crippen LogP contribution < -0.4 is 10.6 Å². The Morgan fingerprint density at radius 3 is 2.43 bits per heavy atom. The van der Waals surface area contributed by atoms with Gasteiger partial charge in [0.25, 0.3) is 0 Å². The van der Waals surface area contributed by atoms with Gasteiger partial charge in [-0.05, 0) is 30.2 Å². The third-order valence-corrected chi connectivity index (χ3v) is 4.88. The van der Waals surface area contributed by atoms with Crippen LogP contribution >= 0.6 is 0 Å². The summed E-state index contributed by atoms with van der Waals surface area (Å²) < 4.78 is 0. The maximum Gasteiger partial charge on any atom is 0.312 e. The van der Waals surface area contributed by atoms with E-state index in [1.165, 1.54) is 0 Å². The average Bonchev–Trinajstić information content (AvgIpc) is 2.61. The summed E-state index contributed by atoms with van der Waals surface area (Å²) in [6.45, 7) is 9.22. The summed E-state index contributed by atoms with van der Waals surface area (Å²) in [6, 6.07) is 9.38. The largest absolute Gasteiger partial charge is 0.351 e. The van der Waals surface area contributed by atoms with Gasteiger partial charge in [-0.3, -0.25) is 14.4 Å². The van der Waals surface area contributed by atoms with Crippen molar-refractivity contribution in [1.82, 2.24) is 15.5 Å². The van der Waals surface area contributed by atoms with Gasteiger partial charge in [-0.2, -0.15) is 0 Å². The van der Waals surface area contributed by atoms with Crippen LogP contribution in [0.1, 0.15) is 46.1 Å². The molecule has 1 heterocycles. The highest BCUT2D eigenvalue weighted by Gasteiger charge is 2.35. The lowest BCUT2D eigenvalue weighted by atomic mass is 9.97. The minimum Gasteiger partial charge on any atom is -0.351 e. The fourth-order valence-corrected chi connectivity index (χ4v) is 3.72. The molecule has 6 nitrogen and oxygen atoms in total. The number of piperazine rings is 1. The van der Waals surface area contributed by atoms with E-state index in [-0.39, 0.29) is 18.0 Å². The summed E-state index contributed by atoms with van der Waals surface area (Å²) in [5.74, 6) is -0.348. The normalized spacial score (nSPS) is 18.4. The maximum atomic E-state index is 12.6. The molecule has 6 heteroatoms. The van der Waals surface area contributed by atoms with Crippen LogP contribution in [0.15, 0.2) is 30.3 Å². The van der Waals surface area contributed by atoms with Crippen LogP contribution in [0.25, 0.3) is 0 Å². The van der Waals surface area contributed by atoms with Crippen molar-refractivity contribution >= 4 is 17.7 Å². The second-order valence-corrected chi connectivity index (χ2v) is 8.51. The number of carbonyl (C=O) groups excluding carboxylic acids is 3. The van der Waals surface area contributed by atoms with E-state index in [1.54, 1.807) is 4.90 Å². The van der Waals surface area contributed by atoms with Crippen molar-refractivity contribution in [2.75, 3.05) is 13.1 Å². The molecule has 0 saturated carbocycles. The molecule has 1 aromatic carbocycles. The molecule has 1 fully saturated rings. The molecule has 0 spiro atoms. The zero-order chi connectivity index (χ0) is 20.7. The minimum atomic E-state index is -0.557. The molecule has 0 aliphatic carbocycles. The summed E-state index contributed by atoms with van der Waals surface area (Å²) in [5, 5.41) is 5.78. The van der Waals surface area contributed by atoms with Gasteiger partial charge in [0.05, 0.1) is 6.42 Å². The molecule has 1 aliphatic heterocycles. The van der Waals surface area contributed by atoms with Gasteiger partial charge in [-0.15, -0.1) is 0 Å². The summed E-state index contributed by atoms with van der Waals surface area (Å²) in [4.78, 5) is 38.6. The Balaban J connectivity index is 2.08. The third kappa shape index (κ3) is 6.66. The van der Waals surface area contributed by atoms with E-state index < -0.39 is 11.8 Å². The summed E-state index contributed by atoms with van der Waals surface area (Å²) in [6.07, 6.45) is 1.87. The van der Waals surface area contributed by atoms with Crippen molar-refractivity contribution in [1.29, 1.82) is 0 Å². The number of amides is 3. The van der Waals surface area contributed by atoms with E-state index >= 15 is 0 Å². The zero-order valence-corrected chi connectivity index (χ0v) is 17.4. The molecule has 2 atom stereocenters. The van der Waals surface area contributed by atoms with Gasteiger partial charge in [0.2, 0.25) is 5.91 Å². The topological polar surface area (TPSA) is 78.5 Å². The summed E-state index contributed by atoms with van der Waals surface area (Å²) >= 11 is 0. The Labute approximate surface area is 168 Å². The quantitative estimate of drug-likeness (QED) is 0.637. The number of rotatable bonds is 9. The van der Waals surface area contributed by atoms with E-state index in [4.69, 9.17) is 0 Å². The van der Waals surface area contributed by atoms with Crippen LogP contribution in [0.2, 0.25) is 0 Å². The molecule has 0 radical (unpaired) electrons. The third-order valence-electron chi connectivity index (χ3n) is 4.88. The highest BCUT2D eigenvalue weighted by molar-refractivity contribution is 6.35. The first kappa shape index (κ1) is 21.9. The minimum absolute atomic E-state index is 0.0362. The van der Waals surface area contributed by atoms with Crippen molar-refractivity contribution in [3.8, 4) is 0 Å². The van der Waals surface area contributed by atoms with Crippen LogP contribution in [-0.2, 0) is 20.8 Å². The van der Waals surface area contributed by atoms with Gasteiger partial charge in [0, 0.05) is 25.2 Å². The van der Waals surface area contributed by atoms with E-state index in [9.17, 15) is 14.4 Å². The fourth-order valence-electron chi connectivity index (χ4n) is 3.72. The number of carbonyl (C=O) groups is 3. The molecule has 2 N–H and O–H groups in total. The van der Waals surface area contributed by atoms with E-state index in [0.717, 1.165) is 18.4 Å². The molecule has 0 unspecified atom stereocenters. The predicted molar refractivity (Wildman–Crippen MR) is 109 cm³/mol. The Hall–Kier alpha value is -2.37. The number of hydrogen-bond acceptors (Lipinski definition) is 3. The molecule has 28 heavy (non-hydrogen) atoms. The lowest BCUT2D eigenvalue weighted by molar-refractivity contribution is -0.151. The first-order chi connectivity index (χ1) is 13.3. The number of benzene rings is 1. The maximum absolute atomic E-state index is 12.6. The van der Waals surface area contributed by atoms with Gasteiger partial charge >= 0.3 is 11.8 Å². The van der Waals surface area contributed by atoms with Crippen molar-refractivity contribution in [2.45, 2.75) is 59.0 Å². The molecule has 3 amide bonds. The Morgan fingerprint density at radius 2 is 1.82 bits per heavy atom. The number of nitrogens with one attached hydrogen (secondary N) is 2. The second kappa shape index (κ2) is 10.2. The molecule has 2 rings (SSSR count). The molecule has 0 aromatic heterocycles. The Morgan fingerprint density at radius 1 is 1.14 bits per heavy atom. The molecular formula is C22H33N3O3.